The number of benzene rings is 1. The Bertz CT molecular complexity index is 395. The van der Waals surface area contributed by atoms with Gasteiger partial charge in [0.05, 0.1) is 0 Å². The SMILES string of the molecule is CCCC(N)CC(=O)Cc1ccc(F)cc1Cl. The maximum atomic E-state index is 12.8. The van der Waals surface area contributed by atoms with E-state index in [2.05, 4.69) is 0 Å². The van der Waals surface area contributed by atoms with E-state index >= 15 is 0 Å². The molecule has 0 aliphatic heterocycles. The van der Waals surface area contributed by atoms with E-state index in [1.807, 2.05) is 6.92 Å². The molecule has 0 heterocycles. The molecule has 0 fully saturated rings. The minimum absolute atomic E-state index is 0.0412. The molecule has 2 nitrogen and oxygen atoms in total. The third-order valence-electron chi connectivity index (χ3n) is 2.55. The second kappa shape index (κ2) is 6.72. The summed E-state index contributed by atoms with van der Waals surface area (Å²) >= 11 is 5.85. The van der Waals surface area contributed by atoms with Crippen molar-refractivity contribution >= 4 is 17.4 Å². The Morgan fingerprint density at radius 1 is 1.53 bits per heavy atom. The second-order valence-corrected chi connectivity index (χ2v) is 4.61. The van der Waals surface area contributed by atoms with Crippen LogP contribution in [-0.4, -0.2) is 11.8 Å². The number of rotatable bonds is 6. The molecular weight excluding hydrogens is 241 g/mol. The quantitative estimate of drug-likeness (QED) is 0.851. The molecule has 1 rings (SSSR count). The summed E-state index contributed by atoms with van der Waals surface area (Å²) in [6, 6.07) is 3.98. The van der Waals surface area contributed by atoms with Gasteiger partial charge >= 0.3 is 0 Å². The molecule has 17 heavy (non-hydrogen) atoms. The van der Waals surface area contributed by atoms with Gasteiger partial charge < -0.3 is 5.73 Å². The van der Waals surface area contributed by atoms with Gasteiger partial charge in [-0.05, 0) is 24.1 Å². The molecule has 1 aromatic rings. The van der Waals surface area contributed by atoms with E-state index in [1.54, 1.807) is 6.07 Å². The van der Waals surface area contributed by atoms with Crippen molar-refractivity contribution in [2.45, 2.75) is 38.6 Å². The van der Waals surface area contributed by atoms with Gasteiger partial charge in [-0.25, -0.2) is 4.39 Å². The van der Waals surface area contributed by atoms with Gasteiger partial charge in [0.25, 0.3) is 0 Å². The predicted molar refractivity (Wildman–Crippen MR) is 67.6 cm³/mol. The fourth-order valence-corrected chi connectivity index (χ4v) is 1.95. The van der Waals surface area contributed by atoms with E-state index in [1.165, 1.54) is 12.1 Å². The van der Waals surface area contributed by atoms with E-state index in [0.717, 1.165) is 12.8 Å². The van der Waals surface area contributed by atoms with Crippen molar-refractivity contribution in [2.24, 2.45) is 5.73 Å². The van der Waals surface area contributed by atoms with Gasteiger partial charge in [0, 0.05) is 23.9 Å². The highest BCUT2D eigenvalue weighted by atomic mass is 35.5. The standard InChI is InChI=1S/C13H17ClFNO/c1-2-3-11(16)8-12(17)6-9-4-5-10(15)7-13(9)14/h4-5,7,11H,2-3,6,8,16H2,1H3. The number of carbonyl (C=O) groups excluding carboxylic acids is 1. The average Bonchev–Trinajstić information content (AvgIpc) is 2.22. The van der Waals surface area contributed by atoms with Crippen molar-refractivity contribution in [2.75, 3.05) is 0 Å². The van der Waals surface area contributed by atoms with Gasteiger partial charge in [0.2, 0.25) is 0 Å². The van der Waals surface area contributed by atoms with E-state index in [9.17, 15) is 9.18 Å². The van der Waals surface area contributed by atoms with Gasteiger partial charge in [-0.15, -0.1) is 0 Å². The van der Waals surface area contributed by atoms with Crippen molar-refractivity contribution in [1.82, 2.24) is 0 Å². The second-order valence-electron chi connectivity index (χ2n) is 4.20. The highest BCUT2D eigenvalue weighted by molar-refractivity contribution is 6.31. The summed E-state index contributed by atoms with van der Waals surface area (Å²) in [7, 11) is 0. The Kier molecular flexibility index (Phi) is 5.59. The van der Waals surface area contributed by atoms with E-state index in [0.29, 0.717) is 17.0 Å². The molecule has 0 aromatic heterocycles. The smallest absolute Gasteiger partial charge is 0.138 e. The third kappa shape index (κ3) is 4.84. The molecule has 0 aliphatic rings. The Morgan fingerprint density at radius 3 is 2.82 bits per heavy atom. The molecule has 0 saturated heterocycles. The Morgan fingerprint density at radius 2 is 2.24 bits per heavy atom. The van der Waals surface area contributed by atoms with E-state index in [4.69, 9.17) is 17.3 Å². The van der Waals surface area contributed by atoms with Crippen molar-refractivity contribution in [3.8, 4) is 0 Å². The normalized spacial score (nSPS) is 12.5. The molecule has 0 saturated carbocycles. The Hall–Kier alpha value is -0.930. The minimum atomic E-state index is -0.395. The maximum Gasteiger partial charge on any atom is 0.138 e. The van der Waals surface area contributed by atoms with Crippen molar-refractivity contribution in [3.05, 3.63) is 34.6 Å². The minimum Gasteiger partial charge on any atom is -0.327 e. The monoisotopic (exact) mass is 257 g/mol. The lowest BCUT2D eigenvalue weighted by atomic mass is 10.0. The summed E-state index contributed by atoms with van der Waals surface area (Å²) in [5.74, 6) is -0.353. The summed E-state index contributed by atoms with van der Waals surface area (Å²) in [5, 5.41) is 0.294. The first kappa shape index (κ1) is 14.1. The first-order valence-corrected chi connectivity index (χ1v) is 6.12. The Labute approximate surface area is 106 Å². The maximum absolute atomic E-state index is 12.8. The van der Waals surface area contributed by atoms with Crippen LogP contribution in [0.2, 0.25) is 5.02 Å². The Balaban J connectivity index is 2.56. The van der Waals surface area contributed by atoms with Crippen LogP contribution in [0.4, 0.5) is 4.39 Å². The summed E-state index contributed by atoms with van der Waals surface area (Å²) in [5.41, 5.74) is 6.44. The van der Waals surface area contributed by atoms with Crippen LogP contribution in [0.3, 0.4) is 0 Å². The topological polar surface area (TPSA) is 43.1 Å². The zero-order valence-corrected chi connectivity index (χ0v) is 10.6. The number of hydrogen-bond donors (Lipinski definition) is 1. The van der Waals surface area contributed by atoms with Crippen molar-refractivity contribution < 1.29 is 9.18 Å². The van der Waals surface area contributed by atoms with Gasteiger partial charge in [-0.3, -0.25) is 4.79 Å². The number of nitrogens with two attached hydrogens (primary N) is 1. The molecule has 0 aliphatic carbocycles. The molecule has 0 amide bonds. The number of Topliss-reactive ketones (excluding diaryl/α,β-unsaturated/α-hetero) is 1. The molecule has 0 spiro atoms. The fraction of sp³-hybridized carbons (Fsp3) is 0.462. The number of carbonyl (C=O) groups is 1. The fourth-order valence-electron chi connectivity index (χ4n) is 1.71. The summed E-state index contributed by atoms with van der Waals surface area (Å²) in [6.45, 7) is 2.03. The molecule has 0 radical (unpaired) electrons. The largest absolute Gasteiger partial charge is 0.327 e. The first-order valence-electron chi connectivity index (χ1n) is 5.74. The molecule has 1 atom stereocenters. The molecule has 1 aromatic carbocycles. The van der Waals surface area contributed by atoms with Gasteiger partial charge in [-0.2, -0.15) is 0 Å². The number of hydrogen-bond acceptors (Lipinski definition) is 2. The third-order valence-corrected chi connectivity index (χ3v) is 2.90. The van der Waals surface area contributed by atoms with E-state index < -0.39 is 5.82 Å². The van der Waals surface area contributed by atoms with Gasteiger partial charge in [-0.1, -0.05) is 31.0 Å². The lowest BCUT2D eigenvalue weighted by Crippen LogP contribution is -2.24. The first-order chi connectivity index (χ1) is 8.02. The predicted octanol–water partition coefficient (Wildman–Crippen LogP) is 3.11. The van der Waals surface area contributed by atoms with Crippen LogP contribution in [0.25, 0.3) is 0 Å². The summed E-state index contributed by atoms with van der Waals surface area (Å²) in [6.07, 6.45) is 2.37. The van der Waals surface area contributed by atoms with Gasteiger partial charge in [0.1, 0.15) is 11.6 Å². The van der Waals surface area contributed by atoms with Crippen molar-refractivity contribution in [3.63, 3.8) is 0 Å². The van der Waals surface area contributed by atoms with Crippen molar-refractivity contribution in [1.29, 1.82) is 0 Å². The van der Waals surface area contributed by atoms with Crippen LogP contribution >= 0.6 is 11.6 Å². The highest BCUT2D eigenvalue weighted by Crippen LogP contribution is 2.18. The molecule has 4 heteroatoms. The zero-order chi connectivity index (χ0) is 12.8. The summed E-state index contributed by atoms with van der Waals surface area (Å²) < 4.78 is 12.8. The average molecular weight is 258 g/mol. The molecule has 94 valence electrons. The van der Waals surface area contributed by atoms with Crippen LogP contribution < -0.4 is 5.73 Å². The highest BCUT2D eigenvalue weighted by Gasteiger charge is 2.11. The van der Waals surface area contributed by atoms with Crippen LogP contribution in [0, 0.1) is 5.82 Å². The molecule has 0 bridgehead atoms. The van der Waals surface area contributed by atoms with Crippen LogP contribution in [0.5, 0.6) is 0 Å². The zero-order valence-electron chi connectivity index (χ0n) is 9.88. The molecule has 1 unspecified atom stereocenters. The molecule has 2 N–H and O–H groups in total. The van der Waals surface area contributed by atoms with Crippen LogP contribution in [-0.2, 0) is 11.2 Å². The number of halogens is 2. The molecular formula is C13H17ClFNO. The van der Waals surface area contributed by atoms with Gasteiger partial charge in [0.15, 0.2) is 0 Å². The summed E-state index contributed by atoms with van der Waals surface area (Å²) in [4.78, 5) is 11.7. The van der Waals surface area contributed by atoms with Crippen LogP contribution in [0.15, 0.2) is 18.2 Å². The van der Waals surface area contributed by atoms with E-state index in [-0.39, 0.29) is 18.2 Å². The van der Waals surface area contributed by atoms with Crippen LogP contribution in [0.1, 0.15) is 31.7 Å². The lowest BCUT2D eigenvalue weighted by molar-refractivity contribution is -0.118. The lowest BCUT2D eigenvalue weighted by Gasteiger charge is -2.09. The number of ketones is 1.